The van der Waals surface area contributed by atoms with E-state index in [0.717, 1.165) is 20.1 Å². The molecule has 0 aliphatic carbocycles. The van der Waals surface area contributed by atoms with Gasteiger partial charge < -0.3 is 5.43 Å². The van der Waals surface area contributed by atoms with Crippen molar-refractivity contribution in [1.82, 2.24) is 9.97 Å². The maximum Gasteiger partial charge on any atom is 0.152 e. The van der Waals surface area contributed by atoms with Gasteiger partial charge in [0.25, 0.3) is 0 Å². The number of anilines is 1. The molecule has 6 heteroatoms. The number of aryl methyl sites for hydroxylation is 1. The lowest BCUT2D eigenvalue weighted by Crippen LogP contribution is -2.08. The van der Waals surface area contributed by atoms with Gasteiger partial charge in [-0.1, -0.05) is 11.6 Å². The molecule has 0 spiro atoms. The summed E-state index contributed by atoms with van der Waals surface area (Å²) in [4.78, 5) is 8.95. The molecule has 3 N–H and O–H groups in total. The number of hydrazine groups is 1. The normalized spacial score (nSPS) is 10.7. The zero-order valence-electron chi connectivity index (χ0n) is 6.84. The summed E-state index contributed by atoms with van der Waals surface area (Å²) in [5.41, 5.74) is 3.49. The molecule has 2 heterocycles. The minimum atomic E-state index is 0.616. The predicted molar refractivity (Wildman–Crippen MR) is 55.0 cm³/mol. The molecule has 0 radical (unpaired) electrons. The van der Waals surface area contributed by atoms with Crippen molar-refractivity contribution in [3.8, 4) is 0 Å². The standard InChI is InChI=1S/C7H7ClN4S/c1-3-4-6(12-9)10-2-11-7(4)13-5(3)8/h2H,9H2,1H3,(H,10,11,12). The number of halogens is 1. The first-order valence-corrected chi connectivity index (χ1v) is 4.79. The summed E-state index contributed by atoms with van der Waals surface area (Å²) in [7, 11) is 0. The minimum Gasteiger partial charge on any atom is -0.308 e. The molecule has 0 amide bonds. The monoisotopic (exact) mass is 214 g/mol. The number of hydrogen-bond acceptors (Lipinski definition) is 5. The fraction of sp³-hybridized carbons (Fsp3) is 0.143. The van der Waals surface area contributed by atoms with Crippen molar-refractivity contribution in [2.75, 3.05) is 5.43 Å². The number of nitrogens with zero attached hydrogens (tertiary/aromatic N) is 2. The van der Waals surface area contributed by atoms with Crippen molar-refractivity contribution >= 4 is 39.0 Å². The Morgan fingerprint density at radius 2 is 2.31 bits per heavy atom. The van der Waals surface area contributed by atoms with Crippen molar-refractivity contribution < 1.29 is 0 Å². The number of hydrogen-bond donors (Lipinski definition) is 2. The van der Waals surface area contributed by atoms with Crippen LogP contribution in [0.2, 0.25) is 4.34 Å². The van der Waals surface area contributed by atoms with Crippen LogP contribution in [0.15, 0.2) is 6.33 Å². The number of nitrogens with two attached hydrogens (primary N) is 1. The van der Waals surface area contributed by atoms with Crippen LogP contribution in [0.1, 0.15) is 5.56 Å². The average Bonchev–Trinajstić information content (AvgIpc) is 2.43. The first-order chi connectivity index (χ1) is 6.24. The Hall–Kier alpha value is -0.910. The van der Waals surface area contributed by atoms with Crippen LogP contribution in [0.4, 0.5) is 5.82 Å². The highest BCUT2D eigenvalue weighted by Gasteiger charge is 2.11. The molecule has 68 valence electrons. The Bertz CT molecular complexity index is 453. The van der Waals surface area contributed by atoms with Crippen LogP contribution in [0, 0.1) is 6.92 Å². The topological polar surface area (TPSA) is 63.8 Å². The van der Waals surface area contributed by atoms with Gasteiger partial charge in [-0.25, -0.2) is 15.8 Å². The molecule has 2 rings (SSSR count). The van der Waals surface area contributed by atoms with E-state index in [4.69, 9.17) is 17.4 Å². The molecule has 0 saturated heterocycles. The third-order valence-electron chi connectivity index (χ3n) is 1.81. The molecular weight excluding hydrogens is 208 g/mol. The van der Waals surface area contributed by atoms with Crippen molar-refractivity contribution in [3.63, 3.8) is 0 Å². The van der Waals surface area contributed by atoms with Gasteiger partial charge in [-0.15, -0.1) is 11.3 Å². The lowest BCUT2D eigenvalue weighted by Gasteiger charge is -1.99. The molecule has 0 saturated carbocycles. The summed E-state index contributed by atoms with van der Waals surface area (Å²) in [6, 6.07) is 0. The SMILES string of the molecule is Cc1c(Cl)sc2ncnc(NN)c12. The zero-order chi connectivity index (χ0) is 9.42. The van der Waals surface area contributed by atoms with E-state index in [9.17, 15) is 0 Å². The van der Waals surface area contributed by atoms with Gasteiger partial charge in [0.15, 0.2) is 5.82 Å². The minimum absolute atomic E-state index is 0.616. The maximum atomic E-state index is 5.96. The average molecular weight is 215 g/mol. The molecule has 0 aromatic carbocycles. The Labute approximate surface area is 83.7 Å². The highest BCUT2D eigenvalue weighted by atomic mass is 35.5. The van der Waals surface area contributed by atoms with E-state index >= 15 is 0 Å². The Morgan fingerprint density at radius 3 is 3.00 bits per heavy atom. The summed E-state index contributed by atoms with van der Waals surface area (Å²) < 4.78 is 0.729. The third kappa shape index (κ3) is 1.25. The molecule has 0 aliphatic rings. The Balaban J connectivity index is 2.87. The fourth-order valence-electron chi connectivity index (χ4n) is 1.15. The third-order valence-corrected chi connectivity index (χ3v) is 3.31. The van der Waals surface area contributed by atoms with Gasteiger partial charge in [-0.3, -0.25) is 0 Å². The van der Waals surface area contributed by atoms with Gasteiger partial charge in [0.05, 0.1) is 9.72 Å². The highest BCUT2D eigenvalue weighted by molar-refractivity contribution is 7.22. The van der Waals surface area contributed by atoms with E-state index in [1.54, 1.807) is 0 Å². The number of nitrogens with one attached hydrogen (secondary N) is 1. The van der Waals surface area contributed by atoms with Crippen LogP contribution in [-0.2, 0) is 0 Å². The molecule has 0 atom stereocenters. The summed E-state index contributed by atoms with van der Waals surface area (Å²) >= 11 is 7.39. The van der Waals surface area contributed by atoms with E-state index in [2.05, 4.69) is 15.4 Å². The Morgan fingerprint density at radius 1 is 1.54 bits per heavy atom. The molecule has 2 aromatic rings. The van der Waals surface area contributed by atoms with Gasteiger partial charge >= 0.3 is 0 Å². The first-order valence-electron chi connectivity index (χ1n) is 3.60. The highest BCUT2D eigenvalue weighted by Crippen LogP contribution is 2.35. The smallest absolute Gasteiger partial charge is 0.152 e. The second kappa shape index (κ2) is 3.10. The number of aromatic nitrogens is 2. The first kappa shape index (κ1) is 8.68. The van der Waals surface area contributed by atoms with Gasteiger partial charge in [0.2, 0.25) is 0 Å². The van der Waals surface area contributed by atoms with Crippen molar-refractivity contribution in [1.29, 1.82) is 0 Å². The van der Waals surface area contributed by atoms with Gasteiger partial charge in [0, 0.05) is 0 Å². The molecule has 2 aromatic heterocycles. The number of thiophene rings is 1. The van der Waals surface area contributed by atoms with E-state index in [1.165, 1.54) is 17.7 Å². The maximum absolute atomic E-state index is 5.96. The van der Waals surface area contributed by atoms with E-state index < -0.39 is 0 Å². The zero-order valence-corrected chi connectivity index (χ0v) is 8.41. The molecule has 4 nitrogen and oxygen atoms in total. The van der Waals surface area contributed by atoms with Crippen LogP contribution in [0.25, 0.3) is 10.2 Å². The lowest BCUT2D eigenvalue weighted by atomic mass is 10.2. The van der Waals surface area contributed by atoms with Crippen LogP contribution in [-0.4, -0.2) is 9.97 Å². The summed E-state index contributed by atoms with van der Waals surface area (Å²) in [5.74, 6) is 5.93. The molecular formula is C7H7ClN4S. The second-order valence-electron chi connectivity index (χ2n) is 2.55. The summed E-state index contributed by atoms with van der Waals surface area (Å²) in [6.45, 7) is 1.92. The molecule has 0 fully saturated rings. The summed E-state index contributed by atoms with van der Waals surface area (Å²) in [5, 5.41) is 0.903. The van der Waals surface area contributed by atoms with E-state index in [0.29, 0.717) is 5.82 Å². The molecule has 0 unspecified atom stereocenters. The molecule has 0 bridgehead atoms. The fourth-order valence-corrected chi connectivity index (χ4v) is 2.34. The lowest BCUT2D eigenvalue weighted by molar-refractivity contribution is 1.19. The van der Waals surface area contributed by atoms with Crippen molar-refractivity contribution in [2.24, 2.45) is 5.84 Å². The van der Waals surface area contributed by atoms with Crippen LogP contribution < -0.4 is 11.3 Å². The summed E-state index contributed by atoms with van der Waals surface area (Å²) in [6.07, 6.45) is 1.46. The van der Waals surface area contributed by atoms with Crippen molar-refractivity contribution in [3.05, 3.63) is 16.2 Å². The van der Waals surface area contributed by atoms with E-state index in [1.807, 2.05) is 6.92 Å². The van der Waals surface area contributed by atoms with Crippen LogP contribution in [0.5, 0.6) is 0 Å². The number of fused-ring (bicyclic) bond motifs is 1. The molecule has 0 aliphatic heterocycles. The van der Waals surface area contributed by atoms with Gasteiger partial charge in [0.1, 0.15) is 11.2 Å². The van der Waals surface area contributed by atoms with E-state index in [-0.39, 0.29) is 0 Å². The van der Waals surface area contributed by atoms with Crippen LogP contribution in [0.3, 0.4) is 0 Å². The quantitative estimate of drug-likeness (QED) is 0.563. The van der Waals surface area contributed by atoms with Crippen LogP contribution >= 0.6 is 22.9 Å². The second-order valence-corrected chi connectivity index (χ2v) is 4.15. The predicted octanol–water partition coefficient (Wildman–Crippen LogP) is 1.94. The largest absolute Gasteiger partial charge is 0.308 e. The Kier molecular flexibility index (Phi) is 2.07. The van der Waals surface area contributed by atoms with Gasteiger partial charge in [-0.2, -0.15) is 0 Å². The van der Waals surface area contributed by atoms with Crippen molar-refractivity contribution in [2.45, 2.75) is 6.92 Å². The number of rotatable bonds is 1. The number of nitrogen functional groups attached to an aromatic ring is 1. The van der Waals surface area contributed by atoms with Gasteiger partial charge in [-0.05, 0) is 12.5 Å². The molecule has 13 heavy (non-hydrogen) atoms.